The van der Waals surface area contributed by atoms with Gasteiger partial charge in [-0.15, -0.1) is 0 Å². The molecule has 5 aromatic carbocycles. The summed E-state index contributed by atoms with van der Waals surface area (Å²) in [5.74, 6) is 5.09. The summed E-state index contributed by atoms with van der Waals surface area (Å²) in [7, 11) is 12.4. The summed E-state index contributed by atoms with van der Waals surface area (Å²) in [6, 6.07) is 17.8. The van der Waals surface area contributed by atoms with Crippen molar-refractivity contribution >= 4 is 87.4 Å². The van der Waals surface area contributed by atoms with Gasteiger partial charge in [-0.25, -0.2) is 4.42 Å². The van der Waals surface area contributed by atoms with E-state index in [-0.39, 0.29) is 10.4 Å². The van der Waals surface area contributed by atoms with Gasteiger partial charge in [0.2, 0.25) is 10.9 Å². The summed E-state index contributed by atoms with van der Waals surface area (Å²) in [6.45, 7) is 0. The Balaban J connectivity index is 1.40. The van der Waals surface area contributed by atoms with E-state index in [9.17, 15) is 9.59 Å². The molecule has 64 heavy (non-hydrogen) atoms. The molecule has 0 amide bonds. The summed E-state index contributed by atoms with van der Waals surface area (Å²) >= 11 is 14.1. The lowest BCUT2D eigenvalue weighted by molar-refractivity contribution is 0.386. The van der Waals surface area contributed by atoms with Crippen LogP contribution in [-0.2, 0) is 4.74 Å². The molecule has 0 fully saturated rings. The quantitative estimate of drug-likeness (QED) is 0.0964. The van der Waals surface area contributed by atoms with E-state index in [0.717, 1.165) is 0 Å². The highest BCUT2D eigenvalue weighted by molar-refractivity contribution is 9.11. The molecule has 0 aliphatic carbocycles. The van der Waals surface area contributed by atoms with E-state index in [1.807, 2.05) is 12.2 Å². The van der Waals surface area contributed by atoms with Crippen LogP contribution in [0.25, 0.3) is 46.3 Å². The highest BCUT2D eigenvalue weighted by Crippen LogP contribution is 2.45. The predicted octanol–water partition coefficient (Wildman–Crippen LogP) is 9.95. The standard InChI is InChI=1S/C48H39Br4O12/c1-55-35-15-25(16-36(56-2)43(35)49)31-11-23(12-32(63-31)26-17-37(57-3)44(50)38(18-26)58-4)9-29-47(53)30(48(29)54)10-24-13-33(27-19-39(59-5)45(51)40(20-27)60-6)64-34(14-24)28-21-41(61-7)46(52)42(22-28)62-8/h9-23H,1-8H3/q+1. The lowest BCUT2D eigenvalue weighted by Gasteiger charge is -2.23. The first-order chi connectivity index (χ1) is 30.8. The van der Waals surface area contributed by atoms with Crippen molar-refractivity contribution in [3.8, 4) is 68.6 Å². The summed E-state index contributed by atoms with van der Waals surface area (Å²) in [4.78, 5) is 28.1. The number of benzene rings is 4. The van der Waals surface area contributed by atoms with E-state index in [1.54, 1.807) is 130 Å². The average molecular weight is 1130 g/mol. The minimum absolute atomic E-state index is 0.00323. The molecule has 2 heterocycles. The van der Waals surface area contributed by atoms with Crippen molar-refractivity contribution in [2.45, 2.75) is 0 Å². The maximum absolute atomic E-state index is 14.1. The van der Waals surface area contributed by atoms with E-state index >= 15 is 0 Å². The second kappa shape index (κ2) is 19.7. The molecule has 12 nitrogen and oxygen atoms in total. The van der Waals surface area contributed by atoms with Gasteiger partial charge >= 0.3 is 11.5 Å². The Bertz CT molecular complexity index is 2790. The Kier molecular flexibility index (Phi) is 14.3. The predicted molar refractivity (Wildman–Crippen MR) is 259 cm³/mol. The fourth-order valence-electron chi connectivity index (χ4n) is 7.00. The molecule has 0 spiro atoms. The zero-order chi connectivity index (χ0) is 46.0. The third kappa shape index (κ3) is 9.05. The summed E-state index contributed by atoms with van der Waals surface area (Å²) in [5.41, 5.74) is 2.11. The van der Waals surface area contributed by atoms with Crippen LogP contribution in [0.15, 0.2) is 105 Å². The number of methoxy groups -OCH3 is 8. The molecule has 1 aliphatic rings. The third-order valence-electron chi connectivity index (χ3n) is 10.3. The van der Waals surface area contributed by atoms with Crippen molar-refractivity contribution < 1.29 is 47.0 Å². The molecular weight excluding hydrogens is 1090 g/mol. The second-order valence-electron chi connectivity index (χ2n) is 13.9. The minimum Gasteiger partial charge on any atom is -0.495 e. The van der Waals surface area contributed by atoms with Gasteiger partial charge in [-0.1, -0.05) is 6.08 Å². The van der Waals surface area contributed by atoms with Gasteiger partial charge in [-0.3, -0.25) is 9.59 Å². The van der Waals surface area contributed by atoms with Crippen molar-refractivity contribution in [2.75, 3.05) is 56.9 Å². The SMILES string of the molecule is COc1cc(C2=CC(C=c3c(=O)c(=Cc4cc(-c5cc(OC)c(Br)c(OC)c5)[o+]c(-c5cc(OC)c(Br)c(OC)c5)c4)c3=O)C=C(c3cc(OC)c(Br)c(OC)c3)O2)cc(OC)c1Br. The van der Waals surface area contributed by atoms with Crippen LogP contribution in [0, 0.1) is 5.92 Å². The van der Waals surface area contributed by atoms with Crippen molar-refractivity contribution in [3.63, 3.8) is 0 Å². The van der Waals surface area contributed by atoms with Crippen LogP contribution in [0.5, 0.6) is 46.0 Å². The fraction of sp³-hybridized carbons (Fsp3) is 0.188. The molecule has 0 bridgehead atoms. The van der Waals surface area contributed by atoms with E-state index in [0.29, 0.717) is 115 Å². The molecule has 0 saturated carbocycles. The molecule has 16 heteroatoms. The van der Waals surface area contributed by atoms with Crippen LogP contribution in [0.4, 0.5) is 0 Å². The van der Waals surface area contributed by atoms with Crippen molar-refractivity contribution in [1.82, 2.24) is 0 Å². The molecule has 1 aromatic heterocycles. The normalized spacial score (nSPS) is 12.4. The zero-order valence-electron chi connectivity index (χ0n) is 35.6. The van der Waals surface area contributed by atoms with Gasteiger partial charge in [0.25, 0.3) is 0 Å². The van der Waals surface area contributed by atoms with Crippen molar-refractivity contribution in [3.05, 3.63) is 138 Å². The monoisotopic (exact) mass is 1120 g/mol. The molecular formula is C48H39Br4O12+. The molecule has 0 saturated heterocycles. The van der Waals surface area contributed by atoms with Crippen molar-refractivity contribution in [2.24, 2.45) is 5.92 Å². The van der Waals surface area contributed by atoms with Gasteiger partial charge in [0.1, 0.15) is 75.4 Å². The second-order valence-corrected chi connectivity index (χ2v) is 17.1. The third-order valence-corrected chi connectivity index (χ3v) is 13.4. The van der Waals surface area contributed by atoms with Gasteiger partial charge in [0, 0.05) is 17.0 Å². The fourth-order valence-corrected chi connectivity index (χ4v) is 9.21. The van der Waals surface area contributed by atoms with Gasteiger partial charge in [-0.05, 0) is 136 Å². The lowest BCUT2D eigenvalue weighted by Crippen LogP contribution is -2.64. The number of ether oxygens (including phenoxy) is 9. The Morgan fingerprint density at radius 1 is 0.453 bits per heavy atom. The summed E-state index contributed by atoms with van der Waals surface area (Å²) in [6.07, 6.45) is 6.81. The number of allylic oxidation sites excluding steroid dienone is 2. The lowest BCUT2D eigenvalue weighted by atomic mass is 9.96. The smallest absolute Gasteiger partial charge is 0.361 e. The molecule has 0 radical (unpaired) electrons. The van der Waals surface area contributed by atoms with E-state index in [4.69, 9.17) is 47.0 Å². The van der Waals surface area contributed by atoms with Crippen molar-refractivity contribution in [1.29, 1.82) is 0 Å². The van der Waals surface area contributed by atoms with Crippen LogP contribution in [-0.4, -0.2) is 56.9 Å². The maximum Gasteiger partial charge on any atom is 0.361 e. The topological polar surface area (TPSA) is 129 Å². The van der Waals surface area contributed by atoms with E-state index in [2.05, 4.69) is 63.7 Å². The van der Waals surface area contributed by atoms with Gasteiger partial charge < -0.3 is 42.6 Å². The molecule has 0 N–H and O–H groups in total. The average Bonchev–Trinajstić information content (AvgIpc) is 3.32. The highest BCUT2D eigenvalue weighted by atomic mass is 79.9. The van der Waals surface area contributed by atoms with Gasteiger partial charge in [0.05, 0.1) is 90.6 Å². The first kappa shape index (κ1) is 46.4. The largest absolute Gasteiger partial charge is 0.495 e. The maximum atomic E-state index is 14.1. The molecule has 1 aliphatic heterocycles. The summed E-state index contributed by atoms with van der Waals surface area (Å²) in [5, 5.41) is 0.0172. The summed E-state index contributed by atoms with van der Waals surface area (Å²) < 4.78 is 60.5. The van der Waals surface area contributed by atoms with Crippen LogP contribution in [0.3, 0.4) is 0 Å². The Morgan fingerprint density at radius 3 is 1.05 bits per heavy atom. The van der Waals surface area contributed by atoms with Crippen LogP contribution >= 0.6 is 63.7 Å². The van der Waals surface area contributed by atoms with Crippen LogP contribution in [0.2, 0.25) is 0 Å². The van der Waals surface area contributed by atoms with Gasteiger partial charge in [0.15, 0.2) is 0 Å². The Hall–Kier alpha value is -5.55. The first-order valence-electron chi connectivity index (χ1n) is 19.1. The highest BCUT2D eigenvalue weighted by Gasteiger charge is 2.27. The minimum atomic E-state index is -0.581. The molecule has 330 valence electrons. The van der Waals surface area contributed by atoms with Gasteiger partial charge in [-0.2, -0.15) is 0 Å². The number of halogens is 4. The number of hydrogen-bond acceptors (Lipinski definition) is 11. The zero-order valence-corrected chi connectivity index (χ0v) is 41.9. The van der Waals surface area contributed by atoms with Crippen LogP contribution in [0.1, 0.15) is 16.7 Å². The first-order valence-corrected chi connectivity index (χ1v) is 22.3. The molecule has 0 unspecified atom stereocenters. The van der Waals surface area contributed by atoms with Crippen LogP contribution < -0.4 is 59.2 Å². The molecule has 6 aromatic rings. The molecule has 0 atom stereocenters. The number of hydrogen-bond donors (Lipinski definition) is 0. The Morgan fingerprint density at radius 2 is 0.750 bits per heavy atom. The number of rotatable bonds is 14. The van der Waals surface area contributed by atoms with E-state index in [1.165, 1.54) is 0 Å². The Labute approximate surface area is 401 Å². The molecule has 7 rings (SSSR count). The van der Waals surface area contributed by atoms with E-state index < -0.39 is 16.8 Å².